The monoisotopic (exact) mass is 359 g/mol. The largest absolute Gasteiger partial charge is 0.478 e. The first-order valence-corrected chi connectivity index (χ1v) is 7.35. The van der Waals surface area contributed by atoms with Gasteiger partial charge in [0.2, 0.25) is 0 Å². The molecule has 5 heteroatoms. The molecule has 4 nitrogen and oxygen atoms in total. The van der Waals surface area contributed by atoms with Gasteiger partial charge in [-0.1, -0.05) is 46.3 Å². The van der Waals surface area contributed by atoms with Crippen LogP contribution in [0.15, 0.2) is 58.6 Å². The third kappa shape index (κ3) is 3.83. The van der Waals surface area contributed by atoms with Gasteiger partial charge in [-0.15, -0.1) is 0 Å². The zero-order chi connectivity index (χ0) is 16.1. The molecule has 0 aromatic heterocycles. The van der Waals surface area contributed by atoms with Gasteiger partial charge in [-0.25, -0.2) is 4.79 Å². The van der Waals surface area contributed by atoms with Gasteiger partial charge in [0.1, 0.15) is 0 Å². The zero-order valence-corrected chi connectivity index (χ0v) is 13.4. The van der Waals surface area contributed by atoms with Crippen molar-refractivity contribution in [3.8, 4) is 0 Å². The molecule has 2 rings (SSSR count). The lowest BCUT2D eigenvalue weighted by atomic mass is 10.1. The number of nitrogens with one attached hydrogen (secondary N) is 1. The highest BCUT2D eigenvalue weighted by Gasteiger charge is 2.12. The Morgan fingerprint density at radius 1 is 1.09 bits per heavy atom. The zero-order valence-electron chi connectivity index (χ0n) is 11.8. The van der Waals surface area contributed by atoms with Crippen molar-refractivity contribution in [3.05, 3.63) is 69.7 Å². The molecule has 0 spiro atoms. The van der Waals surface area contributed by atoms with Crippen LogP contribution in [0.4, 0.5) is 5.69 Å². The smallest absolute Gasteiger partial charge is 0.337 e. The summed E-state index contributed by atoms with van der Waals surface area (Å²) in [6.45, 7) is 1.68. The van der Waals surface area contributed by atoms with Gasteiger partial charge >= 0.3 is 5.97 Å². The maximum absolute atomic E-state index is 12.2. The van der Waals surface area contributed by atoms with Crippen molar-refractivity contribution < 1.29 is 14.7 Å². The molecule has 0 aliphatic rings. The summed E-state index contributed by atoms with van der Waals surface area (Å²) in [6.07, 6.45) is 1.74. The summed E-state index contributed by atoms with van der Waals surface area (Å²) in [6, 6.07) is 13.8. The van der Waals surface area contributed by atoms with E-state index in [9.17, 15) is 9.59 Å². The lowest BCUT2D eigenvalue weighted by molar-refractivity contribution is -0.112. The third-order valence-corrected chi connectivity index (χ3v) is 3.76. The molecule has 0 saturated heterocycles. The molecular weight excluding hydrogens is 346 g/mol. The number of carboxylic acids is 1. The Balaban J connectivity index is 2.23. The third-order valence-electron chi connectivity index (χ3n) is 3.04. The molecular formula is C17H14BrNO3. The minimum absolute atomic E-state index is 0.0598. The van der Waals surface area contributed by atoms with Crippen molar-refractivity contribution in [2.45, 2.75) is 6.92 Å². The maximum atomic E-state index is 12.2. The number of carbonyl (C=O) groups excluding carboxylic acids is 1. The minimum Gasteiger partial charge on any atom is -0.478 e. The topological polar surface area (TPSA) is 66.4 Å². The lowest BCUT2D eigenvalue weighted by Gasteiger charge is -2.09. The van der Waals surface area contributed by atoms with Crippen molar-refractivity contribution in [1.82, 2.24) is 0 Å². The molecule has 0 aliphatic heterocycles. The van der Waals surface area contributed by atoms with Crippen LogP contribution in [0.5, 0.6) is 0 Å². The predicted molar refractivity (Wildman–Crippen MR) is 89.8 cm³/mol. The molecule has 1 amide bonds. The first-order valence-electron chi connectivity index (χ1n) is 6.55. The molecule has 2 aromatic carbocycles. The lowest BCUT2D eigenvalue weighted by Crippen LogP contribution is -2.15. The molecule has 2 aromatic rings. The Morgan fingerprint density at radius 2 is 1.73 bits per heavy atom. The van der Waals surface area contributed by atoms with Crippen LogP contribution in [-0.2, 0) is 4.79 Å². The van der Waals surface area contributed by atoms with Gasteiger partial charge in [-0.2, -0.15) is 0 Å². The van der Waals surface area contributed by atoms with Gasteiger partial charge in [0.15, 0.2) is 0 Å². The van der Waals surface area contributed by atoms with Crippen LogP contribution in [0.25, 0.3) is 6.08 Å². The van der Waals surface area contributed by atoms with Gasteiger partial charge < -0.3 is 10.4 Å². The number of rotatable bonds is 4. The average Bonchev–Trinajstić information content (AvgIpc) is 2.49. The van der Waals surface area contributed by atoms with E-state index in [1.165, 1.54) is 6.07 Å². The number of benzene rings is 2. The first-order chi connectivity index (χ1) is 10.5. The fourth-order valence-corrected chi connectivity index (χ4v) is 2.29. The summed E-state index contributed by atoms with van der Waals surface area (Å²) in [5.74, 6) is -1.42. The molecule has 0 atom stereocenters. The Hall–Kier alpha value is -2.40. The van der Waals surface area contributed by atoms with E-state index in [1.807, 2.05) is 24.3 Å². The van der Waals surface area contributed by atoms with Crippen molar-refractivity contribution in [2.24, 2.45) is 0 Å². The van der Waals surface area contributed by atoms with E-state index < -0.39 is 5.97 Å². The molecule has 0 unspecified atom stereocenters. The molecule has 0 saturated carbocycles. The number of para-hydroxylation sites is 1. The quantitative estimate of drug-likeness (QED) is 0.804. The van der Waals surface area contributed by atoms with Crippen molar-refractivity contribution in [1.29, 1.82) is 0 Å². The number of carboxylic acid groups (broad SMARTS) is 1. The van der Waals surface area contributed by atoms with Crippen molar-refractivity contribution >= 4 is 39.6 Å². The van der Waals surface area contributed by atoms with Gasteiger partial charge in [-0.3, -0.25) is 4.79 Å². The Morgan fingerprint density at radius 3 is 2.41 bits per heavy atom. The highest BCUT2D eigenvalue weighted by atomic mass is 79.9. The molecule has 2 N–H and O–H groups in total. The van der Waals surface area contributed by atoms with Crippen molar-refractivity contribution in [3.63, 3.8) is 0 Å². The number of anilines is 1. The molecule has 0 heterocycles. The van der Waals surface area contributed by atoms with Crippen LogP contribution in [0, 0.1) is 0 Å². The summed E-state index contributed by atoms with van der Waals surface area (Å²) < 4.78 is 0.882. The second kappa shape index (κ2) is 7.04. The van der Waals surface area contributed by atoms with E-state index in [0.29, 0.717) is 5.57 Å². The van der Waals surface area contributed by atoms with E-state index in [2.05, 4.69) is 21.2 Å². The number of hydrogen-bond acceptors (Lipinski definition) is 2. The summed E-state index contributed by atoms with van der Waals surface area (Å²) >= 11 is 3.42. The van der Waals surface area contributed by atoms with E-state index >= 15 is 0 Å². The van der Waals surface area contributed by atoms with Crippen LogP contribution < -0.4 is 5.32 Å². The molecule has 22 heavy (non-hydrogen) atoms. The number of carbonyl (C=O) groups is 2. The standard InChI is InChI=1S/C17H14BrNO3/c1-11(10-12-6-2-4-8-14(12)18)16(20)19-15-9-5-3-7-13(15)17(21)22/h2-10H,1H3,(H,19,20)(H,21,22)/b11-10+. The van der Waals surface area contributed by atoms with Gasteiger partial charge in [0.05, 0.1) is 11.3 Å². The first kappa shape index (κ1) is 16.0. The van der Waals surface area contributed by atoms with Crippen LogP contribution in [0.3, 0.4) is 0 Å². The number of amides is 1. The Kier molecular flexibility index (Phi) is 5.12. The second-order valence-electron chi connectivity index (χ2n) is 4.65. The molecule has 0 fully saturated rings. The summed E-state index contributed by atoms with van der Waals surface area (Å²) in [7, 11) is 0. The highest BCUT2D eigenvalue weighted by molar-refractivity contribution is 9.10. The summed E-state index contributed by atoms with van der Waals surface area (Å²) in [4.78, 5) is 23.4. The van der Waals surface area contributed by atoms with Crippen LogP contribution in [0.2, 0.25) is 0 Å². The predicted octanol–water partition coefficient (Wildman–Crippen LogP) is 4.19. The van der Waals surface area contributed by atoms with Gasteiger partial charge in [0, 0.05) is 10.0 Å². The molecule has 0 radical (unpaired) electrons. The number of aromatic carboxylic acids is 1. The Bertz CT molecular complexity index is 753. The molecule has 0 aliphatic carbocycles. The number of halogens is 1. The summed E-state index contributed by atoms with van der Waals surface area (Å²) in [5, 5.41) is 11.7. The van der Waals surface area contributed by atoms with Crippen LogP contribution in [-0.4, -0.2) is 17.0 Å². The highest BCUT2D eigenvalue weighted by Crippen LogP contribution is 2.20. The van der Waals surface area contributed by atoms with Gasteiger partial charge in [0.25, 0.3) is 5.91 Å². The maximum Gasteiger partial charge on any atom is 0.337 e. The van der Waals surface area contributed by atoms with Gasteiger partial charge in [-0.05, 0) is 36.8 Å². The molecule has 112 valence electrons. The Labute approximate surface area is 136 Å². The summed E-state index contributed by atoms with van der Waals surface area (Å²) in [5.41, 5.74) is 1.69. The van der Waals surface area contributed by atoms with E-state index in [0.717, 1.165) is 10.0 Å². The average molecular weight is 360 g/mol. The van der Waals surface area contributed by atoms with E-state index in [4.69, 9.17) is 5.11 Å². The second-order valence-corrected chi connectivity index (χ2v) is 5.51. The van der Waals surface area contributed by atoms with Crippen LogP contribution in [0.1, 0.15) is 22.8 Å². The van der Waals surface area contributed by atoms with E-state index in [1.54, 1.807) is 31.2 Å². The molecule has 0 bridgehead atoms. The normalized spacial score (nSPS) is 11.1. The SMILES string of the molecule is C/C(=C\c1ccccc1Br)C(=O)Nc1ccccc1C(=O)O. The fraction of sp³-hybridized carbons (Fsp3) is 0.0588. The van der Waals surface area contributed by atoms with Crippen molar-refractivity contribution in [2.75, 3.05) is 5.32 Å². The minimum atomic E-state index is -1.08. The van der Waals surface area contributed by atoms with Crippen LogP contribution >= 0.6 is 15.9 Å². The van der Waals surface area contributed by atoms with E-state index in [-0.39, 0.29) is 17.2 Å². The number of hydrogen-bond donors (Lipinski definition) is 2. The fourth-order valence-electron chi connectivity index (χ4n) is 1.89.